The average molecular weight is 404 g/mol. The van der Waals surface area contributed by atoms with Crippen LogP contribution in [0, 0.1) is 5.82 Å². The third-order valence-corrected chi connectivity index (χ3v) is 4.16. The molecule has 0 aliphatic rings. The van der Waals surface area contributed by atoms with Crippen molar-refractivity contribution in [2.45, 2.75) is 19.7 Å². The Labute approximate surface area is 164 Å². The predicted molar refractivity (Wildman–Crippen MR) is 99.3 cm³/mol. The van der Waals surface area contributed by atoms with Crippen LogP contribution in [0.5, 0.6) is 11.5 Å². The molecule has 3 rings (SSSR count). The Hall–Kier alpha value is -3.35. The summed E-state index contributed by atoms with van der Waals surface area (Å²) >= 11 is 0. The van der Waals surface area contributed by atoms with Gasteiger partial charge in [-0.2, -0.15) is 0 Å². The smallest absolute Gasteiger partial charge is 0.423 e. The van der Waals surface area contributed by atoms with Crippen LogP contribution >= 0.6 is 0 Å². The maximum atomic E-state index is 13.7. The lowest BCUT2D eigenvalue weighted by Crippen LogP contribution is -2.18. The van der Waals surface area contributed by atoms with E-state index in [2.05, 4.69) is 11.7 Å². The maximum absolute atomic E-state index is 13.7. The van der Waals surface area contributed by atoms with E-state index in [4.69, 9.17) is 4.74 Å². The fourth-order valence-corrected chi connectivity index (χ4v) is 2.65. The normalized spacial score (nSPS) is 11.2. The van der Waals surface area contributed by atoms with Crippen LogP contribution in [0.25, 0.3) is 11.1 Å². The van der Waals surface area contributed by atoms with E-state index in [-0.39, 0.29) is 11.3 Å². The summed E-state index contributed by atoms with van der Waals surface area (Å²) in [5.74, 6) is -3.29. The van der Waals surface area contributed by atoms with Gasteiger partial charge in [-0.05, 0) is 47.4 Å². The molecule has 0 aliphatic heterocycles. The van der Waals surface area contributed by atoms with E-state index < -0.39 is 23.9 Å². The Morgan fingerprint density at radius 3 is 2.00 bits per heavy atom. The Bertz CT molecular complexity index is 994. The first-order valence-electron chi connectivity index (χ1n) is 8.72. The molecule has 0 N–H and O–H groups in total. The Morgan fingerprint density at radius 2 is 1.48 bits per heavy atom. The molecule has 0 aromatic heterocycles. The minimum atomic E-state index is -5.02. The molecule has 0 radical (unpaired) electrons. The molecular weight excluding hydrogens is 388 g/mol. The molecule has 3 aromatic rings. The van der Waals surface area contributed by atoms with Crippen LogP contribution in [-0.4, -0.2) is 12.3 Å². The summed E-state index contributed by atoms with van der Waals surface area (Å²) < 4.78 is 58.8. The largest absolute Gasteiger partial charge is 0.573 e. The second-order valence-corrected chi connectivity index (χ2v) is 6.16. The van der Waals surface area contributed by atoms with E-state index in [1.165, 1.54) is 5.56 Å². The van der Waals surface area contributed by atoms with Crippen LogP contribution in [0.1, 0.15) is 22.8 Å². The topological polar surface area (TPSA) is 35.5 Å². The third kappa shape index (κ3) is 5.34. The Balaban J connectivity index is 1.70. The Kier molecular flexibility index (Phi) is 5.87. The molecule has 0 unspecified atom stereocenters. The van der Waals surface area contributed by atoms with Gasteiger partial charge in [-0.15, -0.1) is 13.2 Å². The fraction of sp³-hybridized carbons (Fsp3) is 0.136. The second kappa shape index (κ2) is 8.34. The van der Waals surface area contributed by atoms with Crippen LogP contribution in [-0.2, 0) is 6.42 Å². The summed E-state index contributed by atoms with van der Waals surface area (Å²) in [6, 6.07) is 17.1. The lowest BCUT2D eigenvalue weighted by atomic mass is 10.0. The van der Waals surface area contributed by atoms with E-state index >= 15 is 0 Å². The number of alkyl halides is 3. The standard InChI is InChI=1S/C22H16F4O3/c1-2-14-3-5-15(6-4-14)16-7-9-17(10-8-16)21(27)28-18-11-12-20(19(23)13-18)29-22(24,25)26/h3-13H,2H2,1H3. The highest BCUT2D eigenvalue weighted by molar-refractivity contribution is 5.91. The SMILES string of the molecule is CCc1ccc(-c2ccc(C(=O)Oc3ccc(OC(F)(F)F)c(F)c3)cc2)cc1. The molecule has 0 bridgehead atoms. The molecule has 0 aliphatic carbocycles. The minimum Gasteiger partial charge on any atom is -0.423 e. The van der Waals surface area contributed by atoms with Gasteiger partial charge in [-0.25, -0.2) is 9.18 Å². The van der Waals surface area contributed by atoms with Gasteiger partial charge < -0.3 is 9.47 Å². The lowest BCUT2D eigenvalue weighted by Gasteiger charge is -2.11. The van der Waals surface area contributed by atoms with Crippen molar-refractivity contribution in [1.29, 1.82) is 0 Å². The van der Waals surface area contributed by atoms with Gasteiger partial charge in [-0.3, -0.25) is 0 Å². The van der Waals surface area contributed by atoms with Gasteiger partial charge in [0.25, 0.3) is 0 Å². The highest BCUT2D eigenvalue weighted by Crippen LogP contribution is 2.28. The molecule has 29 heavy (non-hydrogen) atoms. The zero-order valence-electron chi connectivity index (χ0n) is 15.3. The first-order valence-corrected chi connectivity index (χ1v) is 8.72. The van der Waals surface area contributed by atoms with Gasteiger partial charge in [0.2, 0.25) is 0 Å². The number of benzene rings is 3. The van der Waals surface area contributed by atoms with Crippen LogP contribution in [0.2, 0.25) is 0 Å². The summed E-state index contributed by atoms with van der Waals surface area (Å²) in [7, 11) is 0. The number of carbonyl (C=O) groups excluding carboxylic acids is 1. The van der Waals surface area contributed by atoms with Crippen molar-refractivity contribution < 1.29 is 31.8 Å². The number of esters is 1. The zero-order valence-corrected chi connectivity index (χ0v) is 15.3. The van der Waals surface area contributed by atoms with E-state index in [0.29, 0.717) is 6.07 Å². The molecule has 0 heterocycles. The van der Waals surface area contributed by atoms with Crippen molar-refractivity contribution in [3.8, 4) is 22.6 Å². The van der Waals surface area contributed by atoms with Crippen molar-refractivity contribution in [3.63, 3.8) is 0 Å². The van der Waals surface area contributed by atoms with Crippen molar-refractivity contribution in [2.24, 2.45) is 0 Å². The van der Waals surface area contributed by atoms with E-state index in [1.54, 1.807) is 24.3 Å². The van der Waals surface area contributed by atoms with Crippen molar-refractivity contribution in [2.75, 3.05) is 0 Å². The van der Waals surface area contributed by atoms with Gasteiger partial charge in [0.05, 0.1) is 5.56 Å². The number of aryl methyl sites for hydroxylation is 1. The summed E-state index contributed by atoms with van der Waals surface area (Å²) in [6.45, 7) is 2.07. The van der Waals surface area contributed by atoms with Crippen LogP contribution in [0.4, 0.5) is 17.6 Å². The summed E-state index contributed by atoms with van der Waals surface area (Å²) in [4.78, 5) is 12.2. The van der Waals surface area contributed by atoms with Crippen molar-refractivity contribution in [1.82, 2.24) is 0 Å². The van der Waals surface area contributed by atoms with E-state index in [1.807, 2.05) is 24.3 Å². The highest BCUT2D eigenvalue weighted by Gasteiger charge is 2.32. The highest BCUT2D eigenvalue weighted by atomic mass is 19.4. The monoisotopic (exact) mass is 404 g/mol. The van der Waals surface area contributed by atoms with Crippen LogP contribution in [0.15, 0.2) is 66.7 Å². The summed E-state index contributed by atoms with van der Waals surface area (Å²) in [6.07, 6.45) is -4.08. The molecule has 0 fully saturated rings. The van der Waals surface area contributed by atoms with Gasteiger partial charge >= 0.3 is 12.3 Å². The number of hydrogen-bond donors (Lipinski definition) is 0. The molecule has 0 saturated heterocycles. The predicted octanol–water partition coefficient (Wildman–Crippen LogP) is 6.17. The second-order valence-electron chi connectivity index (χ2n) is 6.16. The number of hydrogen-bond acceptors (Lipinski definition) is 3. The first kappa shape index (κ1) is 20.4. The molecule has 7 heteroatoms. The lowest BCUT2D eigenvalue weighted by molar-refractivity contribution is -0.275. The molecular formula is C22H16F4O3. The summed E-state index contributed by atoms with van der Waals surface area (Å²) in [5.41, 5.74) is 3.33. The zero-order chi connectivity index (χ0) is 21.0. The van der Waals surface area contributed by atoms with E-state index in [9.17, 15) is 22.4 Å². The molecule has 3 nitrogen and oxygen atoms in total. The maximum Gasteiger partial charge on any atom is 0.573 e. The third-order valence-electron chi connectivity index (χ3n) is 4.16. The quantitative estimate of drug-likeness (QED) is 0.290. The number of carbonyl (C=O) groups is 1. The van der Waals surface area contributed by atoms with Crippen LogP contribution in [0.3, 0.4) is 0 Å². The van der Waals surface area contributed by atoms with Gasteiger partial charge in [0, 0.05) is 6.07 Å². The van der Waals surface area contributed by atoms with Crippen LogP contribution < -0.4 is 9.47 Å². The number of halogens is 4. The molecule has 3 aromatic carbocycles. The van der Waals surface area contributed by atoms with Gasteiger partial charge in [0.15, 0.2) is 11.6 Å². The van der Waals surface area contributed by atoms with Crippen molar-refractivity contribution in [3.05, 3.63) is 83.7 Å². The molecule has 0 amide bonds. The molecule has 0 spiro atoms. The average Bonchev–Trinajstić information content (AvgIpc) is 2.69. The molecule has 0 atom stereocenters. The first-order chi connectivity index (χ1) is 13.7. The number of rotatable bonds is 5. The number of ether oxygens (including phenoxy) is 2. The van der Waals surface area contributed by atoms with E-state index in [0.717, 1.165) is 29.7 Å². The minimum absolute atomic E-state index is 0.218. The van der Waals surface area contributed by atoms with Gasteiger partial charge in [-0.1, -0.05) is 43.3 Å². The fourth-order valence-electron chi connectivity index (χ4n) is 2.65. The molecule has 150 valence electrons. The molecule has 0 saturated carbocycles. The summed E-state index contributed by atoms with van der Waals surface area (Å²) in [5, 5.41) is 0. The van der Waals surface area contributed by atoms with Gasteiger partial charge in [0.1, 0.15) is 5.75 Å². The Morgan fingerprint density at radius 1 is 0.897 bits per heavy atom. The van der Waals surface area contributed by atoms with Crippen molar-refractivity contribution >= 4 is 5.97 Å².